The minimum absolute atomic E-state index is 0.141. The standard InChI is InChI=1S/C11H17BrN2O2S2/c1-11(2,17-3)7-14-18(15,16)8-4-5-10(13)9(12)6-8/h4-6,14H,7,13H2,1-3H3. The number of nitrogen functional groups attached to an aromatic ring is 1. The summed E-state index contributed by atoms with van der Waals surface area (Å²) in [6, 6.07) is 4.57. The van der Waals surface area contributed by atoms with Gasteiger partial charge in [-0.05, 0) is 54.2 Å². The number of hydrogen-bond donors (Lipinski definition) is 2. The normalized spacial score (nSPS) is 12.7. The number of nitrogens with one attached hydrogen (secondary N) is 1. The van der Waals surface area contributed by atoms with Crippen LogP contribution < -0.4 is 10.5 Å². The van der Waals surface area contributed by atoms with Crippen molar-refractivity contribution in [2.45, 2.75) is 23.5 Å². The minimum Gasteiger partial charge on any atom is -0.398 e. The van der Waals surface area contributed by atoms with Gasteiger partial charge >= 0.3 is 0 Å². The van der Waals surface area contributed by atoms with Gasteiger partial charge < -0.3 is 5.73 Å². The van der Waals surface area contributed by atoms with Crippen molar-refractivity contribution in [3.05, 3.63) is 22.7 Å². The Labute approximate surface area is 121 Å². The largest absolute Gasteiger partial charge is 0.398 e. The van der Waals surface area contributed by atoms with Crippen molar-refractivity contribution >= 4 is 43.4 Å². The van der Waals surface area contributed by atoms with Crippen molar-refractivity contribution < 1.29 is 8.42 Å². The van der Waals surface area contributed by atoms with Crippen LogP contribution in [0.5, 0.6) is 0 Å². The van der Waals surface area contributed by atoms with E-state index < -0.39 is 10.0 Å². The molecule has 0 spiro atoms. The predicted octanol–water partition coefficient (Wildman–Crippen LogP) is 2.45. The Morgan fingerprint density at radius 2 is 2.06 bits per heavy atom. The first-order valence-corrected chi connectivity index (χ1v) is 8.78. The van der Waals surface area contributed by atoms with Gasteiger partial charge in [0.25, 0.3) is 0 Å². The van der Waals surface area contributed by atoms with Gasteiger partial charge in [-0.25, -0.2) is 13.1 Å². The van der Waals surface area contributed by atoms with E-state index in [0.717, 1.165) is 0 Å². The number of rotatable bonds is 5. The van der Waals surface area contributed by atoms with Crippen LogP contribution in [0.4, 0.5) is 5.69 Å². The number of benzene rings is 1. The van der Waals surface area contributed by atoms with Crippen LogP contribution in [0.3, 0.4) is 0 Å². The highest BCUT2D eigenvalue weighted by atomic mass is 79.9. The van der Waals surface area contributed by atoms with Crippen molar-refractivity contribution in [2.24, 2.45) is 0 Å². The molecule has 0 fully saturated rings. The van der Waals surface area contributed by atoms with E-state index in [4.69, 9.17) is 5.73 Å². The van der Waals surface area contributed by atoms with Gasteiger partial charge in [-0.1, -0.05) is 0 Å². The van der Waals surface area contributed by atoms with Crippen molar-refractivity contribution in [3.8, 4) is 0 Å². The second-order valence-electron chi connectivity index (χ2n) is 4.47. The molecule has 0 aromatic heterocycles. The van der Waals surface area contributed by atoms with Gasteiger partial charge in [-0.15, -0.1) is 0 Å². The Balaban J connectivity index is 2.90. The lowest BCUT2D eigenvalue weighted by atomic mass is 10.2. The maximum absolute atomic E-state index is 12.1. The van der Waals surface area contributed by atoms with Crippen molar-refractivity contribution in [1.82, 2.24) is 4.72 Å². The molecule has 1 aromatic carbocycles. The minimum atomic E-state index is -3.49. The molecule has 1 aromatic rings. The molecule has 7 heteroatoms. The number of thioether (sulfide) groups is 1. The van der Waals surface area contributed by atoms with Crippen molar-refractivity contribution in [2.75, 3.05) is 18.5 Å². The molecule has 0 amide bonds. The number of hydrogen-bond acceptors (Lipinski definition) is 4. The zero-order valence-corrected chi connectivity index (χ0v) is 13.7. The molecule has 0 radical (unpaired) electrons. The highest BCUT2D eigenvalue weighted by molar-refractivity contribution is 9.10. The Bertz CT molecular complexity index is 530. The van der Waals surface area contributed by atoms with E-state index in [0.29, 0.717) is 16.7 Å². The molecular formula is C11H17BrN2O2S2. The molecule has 3 N–H and O–H groups in total. The average molecular weight is 353 g/mol. The lowest BCUT2D eigenvalue weighted by Crippen LogP contribution is -2.36. The summed E-state index contributed by atoms with van der Waals surface area (Å²) in [6.07, 6.45) is 1.95. The summed E-state index contributed by atoms with van der Waals surface area (Å²) in [5.41, 5.74) is 6.14. The van der Waals surface area contributed by atoms with E-state index in [2.05, 4.69) is 20.7 Å². The Morgan fingerprint density at radius 1 is 1.44 bits per heavy atom. The molecule has 0 atom stereocenters. The summed E-state index contributed by atoms with van der Waals surface area (Å²) in [5.74, 6) is 0. The first-order chi connectivity index (χ1) is 8.18. The fraction of sp³-hybridized carbons (Fsp3) is 0.455. The number of nitrogens with two attached hydrogens (primary N) is 1. The van der Waals surface area contributed by atoms with Crippen LogP contribution in [0.15, 0.2) is 27.6 Å². The third-order valence-electron chi connectivity index (χ3n) is 2.52. The van der Waals surface area contributed by atoms with Crippen LogP contribution in [-0.2, 0) is 10.0 Å². The molecule has 0 saturated heterocycles. The predicted molar refractivity (Wildman–Crippen MR) is 81.3 cm³/mol. The Kier molecular flexibility index (Phi) is 5.11. The van der Waals surface area contributed by atoms with E-state index in [9.17, 15) is 8.42 Å². The third-order valence-corrected chi connectivity index (χ3v) is 5.86. The molecule has 1 rings (SSSR count). The molecule has 0 aliphatic carbocycles. The molecule has 18 heavy (non-hydrogen) atoms. The summed E-state index contributed by atoms with van der Waals surface area (Å²) in [5, 5.41) is 0. The molecule has 0 unspecified atom stereocenters. The number of halogens is 1. The highest BCUT2D eigenvalue weighted by Crippen LogP contribution is 2.24. The van der Waals surface area contributed by atoms with Crippen molar-refractivity contribution in [1.29, 1.82) is 0 Å². The fourth-order valence-corrected chi connectivity index (χ4v) is 3.18. The molecule has 0 saturated carbocycles. The highest BCUT2D eigenvalue weighted by Gasteiger charge is 2.21. The second kappa shape index (κ2) is 5.81. The van der Waals surface area contributed by atoms with Gasteiger partial charge in [0.1, 0.15) is 0 Å². The van der Waals surface area contributed by atoms with Gasteiger partial charge in [0.05, 0.1) is 4.90 Å². The van der Waals surface area contributed by atoms with Crippen LogP contribution in [0, 0.1) is 0 Å². The molecule has 0 aliphatic rings. The topological polar surface area (TPSA) is 72.2 Å². The van der Waals surface area contributed by atoms with Gasteiger partial charge in [0.15, 0.2) is 0 Å². The third kappa shape index (κ3) is 4.15. The van der Waals surface area contributed by atoms with E-state index in [1.807, 2.05) is 20.1 Å². The monoisotopic (exact) mass is 352 g/mol. The Morgan fingerprint density at radius 3 is 2.56 bits per heavy atom. The molecular weight excluding hydrogens is 336 g/mol. The molecule has 0 aliphatic heterocycles. The van der Waals surface area contributed by atoms with Crippen LogP contribution in [-0.4, -0.2) is 26.0 Å². The first-order valence-electron chi connectivity index (χ1n) is 5.28. The van der Waals surface area contributed by atoms with E-state index in [1.165, 1.54) is 12.1 Å². The summed E-state index contributed by atoms with van der Waals surface area (Å²) in [4.78, 5) is 0.209. The maximum atomic E-state index is 12.1. The molecule has 0 bridgehead atoms. The van der Waals surface area contributed by atoms with Gasteiger partial charge in [-0.3, -0.25) is 0 Å². The lowest BCUT2D eigenvalue weighted by molar-refractivity contribution is 0.571. The first kappa shape index (κ1) is 15.8. The lowest BCUT2D eigenvalue weighted by Gasteiger charge is -2.22. The van der Waals surface area contributed by atoms with Crippen molar-refractivity contribution in [3.63, 3.8) is 0 Å². The quantitative estimate of drug-likeness (QED) is 0.798. The fourth-order valence-electron chi connectivity index (χ4n) is 1.10. The van der Waals surface area contributed by atoms with Gasteiger partial charge in [0.2, 0.25) is 10.0 Å². The van der Waals surface area contributed by atoms with Crippen LogP contribution in [0.25, 0.3) is 0 Å². The summed E-state index contributed by atoms with van der Waals surface area (Å²) in [7, 11) is -3.49. The van der Waals surface area contributed by atoms with Crippen LogP contribution in [0.1, 0.15) is 13.8 Å². The number of sulfonamides is 1. The molecule has 102 valence electrons. The maximum Gasteiger partial charge on any atom is 0.240 e. The second-order valence-corrected chi connectivity index (χ2v) is 8.61. The van der Waals surface area contributed by atoms with Gasteiger partial charge in [0, 0.05) is 21.5 Å². The molecule has 4 nitrogen and oxygen atoms in total. The van der Waals surface area contributed by atoms with Crippen LogP contribution >= 0.6 is 27.7 Å². The Hall–Kier alpha value is -0.240. The van der Waals surface area contributed by atoms with E-state index >= 15 is 0 Å². The molecule has 0 heterocycles. The van der Waals surface area contributed by atoms with Gasteiger partial charge in [-0.2, -0.15) is 11.8 Å². The van der Waals surface area contributed by atoms with E-state index in [-0.39, 0.29) is 9.64 Å². The van der Waals surface area contributed by atoms with Crippen LogP contribution in [0.2, 0.25) is 0 Å². The summed E-state index contributed by atoms with van der Waals surface area (Å²) in [6.45, 7) is 4.34. The summed E-state index contributed by atoms with van der Waals surface area (Å²) < 4.78 is 27.2. The summed E-state index contributed by atoms with van der Waals surface area (Å²) >= 11 is 4.83. The zero-order chi connectivity index (χ0) is 14.0. The smallest absolute Gasteiger partial charge is 0.240 e. The average Bonchev–Trinajstić information content (AvgIpc) is 2.30. The SMILES string of the molecule is CSC(C)(C)CNS(=O)(=O)c1ccc(N)c(Br)c1. The van der Waals surface area contributed by atoms with E-state index in [1.54, 1.807) is 17.8 Å². The number of anilines is 1. The zero-order valence-electron chi connectivity index (χ0n) is 10.5.